The largest absolute Gasteiger partial charge is 0.385 e. The summed E-state index contributed by atoms with van der Waals surface area (Å²) in [5.74, 6) is 0.821. The van der Waals surface area contributed by atoms with Crippen LogP contribution in [0, 0.1) is 5.92 Å². The highest BCUT2D eigenvalue weighted by Gasteiger charge is 2.10. The van der Waals surface area contributed by atoms with Gasteiger partial charge in [-0.1, -0.05) is 25.1 Å². The second-order valence-corrected chi connectivity index (χ2v) is 3.68. The summed E-state index contributed by atoms with van der Waals surface area (Å²) in [7, 11) is 0. The molecule has 12 heavy (non-hydrogen) atoms. The molecule has 1 atom stereocenters. The van der Waals surface area contributed by atoms with Gasteiger partial charge >= 0.3 is 0 Å². The molecule has 1 aromatic carbocycles. The molecule has 0 bridgehead atoms. The Morgan fingerprint density at radius 2 is 2.17 bits per heavy atom. The Bertz CT molecular complexity index is 267. The molecule has 0 aromatic heterocycles. The highest BCUT2D eigenvalue weighted by atomic mass is 14.9. The minimum absolute atomic E-state index is 0.821. The molecule has 1 N–H and O–H groups in total. The van der Waals surface area contributed by atoms with Crippen LogP contribution in [-0.4, -0.2) is 6.54 Å². The molecule has 2 rings (SSSR count). The minimum atomic E-state index is 0.821. The summed E-state index contributed by atoms with van der Waals surface area (Å²) in [5, 5.41) is 3.46. The van der Waals surface area contributed by atoms with Crippen LogP contribution >= 0.6 is 0 Å². The quantitative estimate of drug-likeness (QED) is 0.617. The summed E-state index contributed by atoms with van der Waals surface area (Å²) < 4.78 is 0. The van der Waals surface area contributed by atoms with E-state index in [4.69, 9.17) is 0 Å². The highest BCUT2D eigenvalue weighted by molar-refractivity contribution is 5.51. The smallest absolute Gasteiger partial charge is 0.0372 e. The second-order valence-electron chi connectivity index (χ2n) is 3.68. The number of nitrogens with one attached hydrogen (secondary N) is 1. The molecule has 1 aliphatic rings. The molecule has 0 aliphatic carbocycles. The third-order valence-corrected chi connectivity index (χ3v) is 2.54. The predicted octanol–water partition coefficient (Wildman–Crippen LogP) is 2.68. The molecular formula is C11H15N. The fourth-order valence-corrected chi connectivity index (χ4v) is 1.80. The molecule has 1 heterocycles. The number of fused-ring (bicyclic) bond motifs is 1. The first-order chi connectivity index (χ1) is 5.86. The van der Waals surface area contributed by atoms with Gasteiger partial charge < -0.3 is 5.32 Å². The van der Waals surface area contributed by atoms with Crippen molar-refractivity contribution in [1.82, 2.24) is 0 Å². The number of rotatable bonds is 0. The predicted molar refractivity (Wildman–Crippen MR) is 52.4 cm³/mol. The van der Waals surface area contributed by atoms with Crippen molar-refractivity contribution in [3.05, 3.63) is 29.8 Å². The van der Waals surface area contributed by atoms with Gasteiger partial charge in [-0.2, -0.15) is 0 Å². The van der Waals surface area contributed by atoms with Gasteiger partial charge in [-0.05, 0) is 30.4 Å². The van der Waals surface area contributed by atoms with Gasteiger partial charge in [-0.3, -0.25) is 0 Å². The maximum atomic E-state index is 3.46. The first-order valence-corrected chi connectivity index (χ1v) is 4.68. The van der Waals surface area contributed by atoms with Gasteiger partial charge in [0.25, 0.3) is 0 Å². The van der Waals surface area contributed by atoms with Crippen molar-refractivity contribution in [2.24, 2.45) is 5.92 Å². The van der Waals surface area contributed by atoms with Crippen molar-refractivity contribution in [3.8, 4) is 0 Å². The number of hydrogen-bond acceptors (Lipinski definition) is 1. The molecule has 1 heteroatoms. The van der Waals surface area contributed by atoms with E-state index in [0.29, 0.717) is 0 Å². The molecule has 0 saturated carbocycles. The van der Waals surface area contributed by atoms with E-state index in [9.17, 15) is 0 Å². The molecule has 1 aliphatic heterocycles. The summed E-state index contributed by atoms with van der Waals surface area (Å²) >= 11 is 0. The normalized spacial score (nSPS) is 22.2. The Kier molecular flexibility index (Phi) is 2.03. The summed E-state index contributed by atoms with van der Waals surface area (Å²) in [6.07, 6.45) is 2.51. The average Bonchev–Trinajstić information content (AvgIpc) is 2.25. The van der Waals surface area contributed by atoms with Gasteiger partial charge in [0.2, 0.25) is 0 Å². The third-order valence-electron chi connectivity index (χ3n) is 2.54. The summed E-state index contributed by atoms with van der Waals surface area (Å²) in [4.78, 5) is 0. The van der Waals surface area contributed by atoms with Crippen LogP contribution in [0.4, 0.5) is 5.69 Å². The van der Waals surface area contributed by atoms with Crippen LogP contribution < -0.4 is 5.32 Å². The monoisotopic (exact) mass is 161 g/mol. The van der Waals surface area contributed by atoms with E-state index in [-0.39, 0.29) is 0 Å². The lowest BCUT2D eigenvalue weighted by Gasteiger charge is -2.06. The highest BCUT2D eigenvalue weighted by Crippen LogP contribution is 2.23. The summed E-state index contributed by atoms with van der Waals surface area (Å²) in [6.45, 7) is 3.45. The zero-order chi connectivity index (χ0) is 8.39. The van der Waals surface area contributed by atoms with Gasteiger partial charge in [0, 0.05) is 12.2 Å². The third kappa shape index (κ3) is 1.45. The number of para-hydroxylation sites is 1. The average molecular weight is 161 g/mol. The topological polar surface area (TPSA) is 12.0 Å². The lowest BCUT2D eigenvalue weighted by Crippen LogP contribution is -2.01. The van der Waals surface area contributed by atoms with Crippen molar-refractivity contribution >= 4 is 5.69 Å². The standard InChI is InChI=1S/C11H15N/c1-9-6-7-12-11-5-3-2-4-10(11)8-9/h2-5,9,12H,6-8H2,1H3. The van der Waals surface area contributed by atoms with Crippen LogP contribution in [0.3, 0.4) is 0 Å². The summed E-state index contributed by atoms with van der Waals surface area (Å²) in [6, 6.07) is 8.62. The summed E-state index contributed by atoms with van der Waals surface area (Å²) in [5.41, 5.74) is 2.81. The number of hydrogen-bond donors (Lipinski definition) is 1. The zero-order valence-corrected chi connectivity index (χ0v) is 7.51. The van der Waals surface area contributed by atoms with Gasteiger partial charge in [0.05, 0.1) is 0 Å². The molecule has 1 unspecified atom stereocenters. The second kappa shape index (κ2) is 3.18. The van der Waals surface area contributed by atoms with E-state index in [1.54, 1.807) is 0 Å². The molecule has 0 amide bonds. The zero-order valence-electron chi connectivity index (χ0n) is 7.51. The molecule has 0 spiro atoms. The first-order valence-electron chi connectivity index (χ1n) is 4.68. The van der Waals surface area contributed by atoms with Gasteiger partial charge in [0.1, 0.15) is 0 Å². The van der Waals surface area contributed by atoms with Crippen LogP contribution in [0.5, 0.6) is 0 Å². The molecule has 0 saturated heterocycles. The maximum absolute atomic E-state index is 3.46. The Balaban J connectivity index is 2.31. The van der Waals surface area contributed by atoms with Crippen molar-refractivity contribution in [2.75, 3.05) is 11.9 Å². The van der Waals surface area contributed by atoms with Gasteiger partial charge in [0.15, 0.2) is 0 Å². The fraction of sp³-hybridized carbons (Fsp3) is 0.455. The van der Waals surface area contributed by atoms with Crippen LogP contribution in [0.1, 0.15) is 18.9 Å². The van der Waals surface area contributed by atoms with Crippen molar-refractivity contribution < 1.29 is 0 Å². The Morgan fingerprint density at radius 3 is 3.08 bits per heavy atom. The van der Waals surface area contributed by atoms with E-state index in [2.05, 4.69) is 36.5 Å². The lowest BCUT2D eigenvalue weighted by molar-refractivity contribution is 0.558. The van der Waals surface area contributed by atoms with Gasteiger partial charge in [-0.15, -0.1) is 0 Å². The van der Waals surface area contributed by atoms with E-state index in [1.807, 2.05) is 0 Å². The van der Waals surface area contributed by atoms with Gasteiger partial charge in [-0.25, -0.2) is 0 Å². The lowest BCUT2D eigenvalue weighted by atomic mass is 9.99. The first kappa shape index (κ1) is 7.66. The van der Waals surface area contributed by atoms with Crippen LogP contribution in [0.2, 0.25) is 0 Å². The van der Waals surface area contributed by atoms with Crippen molar-refractivity contribution in [2.45, 2.75) is 19.8 Å². The molecule has 64 valence electrons. The van der Waals surface area contributed by atoms with Crippen LogP contribution in [0.25, 0.3) is 0 Å². The molecule has 0 radical (unpaired) electrons. The Labute approximate surface area is 73.8 Å². The Hall–Kier alpha value is -0.980. The molecule has 1 nitrogen and oxygen atoms in total. The number of benzene rings is 1. The van der Waals surface area contributed by atoms with Crippen molar-refractivity contribution in [1.29, 1.82) is 0 Å². The van der Waals surface area contributed by atoms with E-state index in [1.165, 1.54) is 24.1 Å². The molecule has 1 aromatic rings. The van der Waals surface area contributed by atoms with Crippen LogP contribution in [0.15, 0.2) is 24.3 Å². The minimum Gasteiger partial charge on any atom is -0.385 e. The van der Waals surface area contributed by atoms with Crippen LogP contribution in [-0.2, 0) is 6.42 Å². The molecule has 0 fully saturated rings. The Morgan fingerprint density at radius 1 is 1.33 bits per heavy atom. The van der Waals surface area contributed by atoms with E-state index in [0.717, 1.165) is 12.5 Å². The van der Waals surface area contributed by atoms with Crippen molar-refractivity contribution in [3.63, 3.8) is 0 Å². The fourth-order valence-electron chi connectivity index (χ4n) is 1.80. The van der Waals surface area contributed by atoms with E-state index < -0.39 is 0 Å². The van der Waals surface area contributed by atoms with E-state index >= 15 is 0 Å². The SMILES string of the molecule is CC1CCNc2ccccc2C1. The maximum Gasteiger partial charge on any atom is 0.0372 e. The number of anilines is 1. The molecular weight excluding hydrogens is 146 g/mol.